The molecule has 1 aromatic carbocycles. The Bertz CT molecular complexity index is 500. The molecule has 0 spiro atoms. The third-order valence-corrected chi connectivity index (χ3v) is 2.90. The zero-order chi connectivity index (χ0) is 12.4. The fourth-order valence-corrected chi connectivity index (χ4v) is 2.04. The van der Waals surface area contributed by atoms with Crippen molar-refractivity contribution in [1.29, 1.82) is 0 Å². The van der Waals surface area contributed by atoms with Crippen LogP contribution in [0.15, 0.2) is 36.5 Å². The van der Waals surface area contributed by atoms with Crippen LogP contribution >= 0.6 is 11.6 Å². The maximum atomic E-state index is 6.20. The number of halogens is 1. The van der Waals surface area contributed by atoms with Gasteiger partial charge in [0.1, 0.15) is 0 Å². The highest BCUT2D eigenvalue weighted by molar-refractivity contribution is 6.30. The molecule has 1 heterocycles. The van der Waals surface area contributed by atoms with E-state index in [-0.39, 0.29) is 6.04 Å². The molecule has 3 heteroatoms. The zero-order valence-corrected chi connectivity index (χ0v) is 10.7. The molecule has 2 aromatic rings. The molecule has 0 saturated heterocycles. The number of nitrogens with two attached hydrogens (primary N) is 1. The number of nitrogens with zero attached hydrogens (tertiary/aromatic N) is 1. The van der Waals surface area contributed by atoms with Crippen LogP contribution in [0.3, 0.4) is 0 Å². The second kappa shape index (κ2) is 4.86. The van der Waals surface area contributed by atoms with Crippen molar-refractivity contribution in [3.63, 3.8) is 0 Å². The maximum Gasteiger partial charge on any atom is 0.0726 e. The first-order chi connectivity index (χ1) is 8.06. The average Bonchev–Trinajstić information content (AvgIpc) is 2.28. The van der Waals surface area contributed by atoms with E-state index in [1.165, 1.54) is 11.1 Å². The molecule has 0 aliphatic carbocycles. The lowest BCUT2D eigenvalue weighted by Gasteiger charge is -2.13. The fraction of sp³-hybridized carbons (Fsp3) is 0.214. The number of rotatable bonds is 2. The van der Waals surface area contributed by atoms with E-state index in [1.54, 1.807) is 6.20 Å². The number of aryl methyl sites for hydroxylation is 2. The summed E-state index contributed by atoms with van der Waals surface area (Å²) < 4.78 is 0. The Hall–Kier alpha value is -1.38. The van der Waals surface area contributed by atoms with Crippen molar-refractivity contribution in [3.8, 4) is 0 Å². The summed E-state index contributed by atoms with van der Waals surface area (Å²) in [6.45, 7) is 4.14. The summed E-state index contributed by atoms with van der Waals surface area (Å²) >= 11 is 5.81. The van der Waals surface area contributed by atoms with Gasteiger partial charge in [-0.25, -0.2) is 0 Å². The van der Waals surface area contributed by atoms with E-state index in [1.807, 2.05) is 12.1 Å². The smallest absolute Gasteiger partial charge is 0.0726 e. The normalized spacial score (nSPS) is 12.5. The molecule has 88 valence electrons. The maximum absolute atomic E-state index is 6.20. The van der Waals surface area contributed by atoms with E-state index in [0.717, 1.165) is 11.3 Å². The summed E-state index contributed by atoms with van der Waals surface area (Å²) in [7, 11) is 0. The van der Waals surface area contributed by atoms with Crippen LogP contribution in [-0.2, 0) is 0 Å². The van der Waals surface area contributed by atoms with Gasteiger partial charge < -0.3 is 5.73 Å². The standard InChI is InChI=1S/C14H15ClN2/c1-9-5-10(2)7-11(6-9)14(16)13-4-3-12(15)8-17-13/h3-8,14H,16H2,1-2H3. The van der Waals surface area contributed by atoms with Crippen LogP contribution in [0.5, 0.6) is 0 Å². The Morgan fingerprint density at radius 3 is 2.29 bits per heavy atom. The summed E-state index contributed by atoms with van der Waals surface area (Å²) in [6, 6.07) is 9.79. The summed E-state index contributed by atoms with van der Waals surface area (Å²) in [6.07, 6.45) is 1.62. The molecule has 2 nitrogen and oxygen atoms in total. The monoisotopic (exact) mass is 246 g/mol. The molecule has 2 N–H and O–H groups in total. The Balaban J connectivity index is 2.36. The van der Waals surface area contributed by atoms with Gasteiger partial charge in [0.05, 0.1) is 16.8 Å². The average molecular weight is 247 g/mol. The predicted octanol–water partition coefficient (Wildman–Crippen LogP) is 3.40. The lowest BCUT2D eigenvalue weighted by atomic mass is 9.99. The van der Waals surface area contributed by atoms with Crippen LogP contribution in [-0.4, -0.2) is 4.98 Å². The molecule has 1 atom stereocenters. The molecule has 0 radical (unpaired) electrons. The summed E-state index contributed by atoms with van der Waals surface area (Å²) in [5.74, 6) is 0. The third kappa shape index (κ3) is 2.84. The van der Waals surface area contributed by atoms with E-state index >= 15 is 0 Å². The van der Waals surface area contributed by atoms with Gasteiger partial charge >= 0.3 is 0 Å². The molecule has 0 aliphatic rings. The van der Waals surface area contributed by atoms with Crippen molar-refractivity contribution in [2.45, 2.75) is 19.9 Å². The van der Waals surface area contributed by atoms with E-state index in [9.17, 15) is 0 Å². The molecule has 0 bridgehead atoms. The highest BCUT2D eigenvalue weighted by Gasteiger charge is 2.10. The van der Waals surface area contributed by atoms with Gasteiger partial charge in [-0.2, -0.15) is 0 Å². The highest BCUT2D eigenvalue weighted by atomic mass is 35.5. The summed E-state index contributed by atoms with van der Waals surface area (Å²) in [4.78, 5) is 4.26. The van der Waals surface area contributed by atoms with Gasteiger partial charge in [-0.05, 0) is 31.5 Å². The summed E-state index contributed by atoms with van der Waals surface area (Å²) in [5, 5.41) is 0.626. The Morgan fingerprint density at radius 2 is 1.76 bits per heavy atom. The van der Waals surface area contributed by atoms with Crippen molar-refractivity contribution in [2.75, 3.05) is 0 Å². The molecule has 0 saturated carbocycles. The number of benzene rings is 1. The minimum absolute atomic E-state index is 0.203. The minimum atomic E-state index is -0.203. The van der Waals surface area contributed by atoms with Crippen LogP contribution in [0.2, 0.25) is 5.02 Å². The van der Waals surface area contributed by atoms with Crippen molar-refractivity contribution >= 4 is 11.6 Å². The van der Waals surface area contributed by atoms with Gasteiger partial charge in [0, 0.05) is 6.20 Å². The number of pyridine rings is 1. The SMILES string of the molecule is Cc1cc(C)cc(C(N)c2ccc(Cl)cn2)c1. The Morgan fingerprint density at radius 1 is 1.12 bits per heavy atom. The first-order valence-electron chi connectivity index (χ1n) is 5.51. The van der Waals surface area contributed by atoms with Crippen LogP contribution in [0.4, 0.5) is 0 Å². The van der Waals surface area contributed by atoms with E-state index in [0.29, 0.717) is 5.02 Å². The molecule has 2 rings (SSSR count). The van der Waals surface area contributed by atoms with Crippen molar-refractivity contribution in [1.82, 2.24) is 4.98 Å². The molecule has 0 aliphatic heterocycles. The second-order valence-corrected chi connectivity index (χ2v) is 4.74. The van der Waals surface area contributed by atoms with Crippen LogP contribution in [0.25, 0.3) is 0 Å². The molecule has 0 amide bonds. The van der Waals surface area contributed by atoms with Crippen LogP contribution < -0.4 is 5.73 Å². The first-order valence-corrected chi connectivity index (χ1v) is 5.89. The van der Waals surface area contributed by atoms with Gasteiger partial charge in [-0.15, -0.1) is 0 Å². The van der Waals surface area contributed by atoms with Crippen LogP contribution in [0, 0.1) is 13.8 Å². The summed E-state index contributed by atoms with van der Waals surface area (Å²) in [5.41, 5.74) is 10.5. The number of hydrogen-bond acceptors (Lipinski definition) is 2. The van der Waals surface area contributed by atoms with E-state index in [2.05, 4.69) is 37.0 Å². The lowest BCUT2D eigenvalue weighted by molar-refractivity contribution is 0.826. The first kappa shape index (κ1) is 12.1. The van der Waals surface area contributed by atoms with Gasteiger partial charge in [-0.1, -0.05) is 40.9 Å². The Labute approximate surface area is 106 Å². The quantitative estimate of drug-likeness (QED) is 0.882. The molecule has 17 heavy (non-hydrogen) atoms. The predicted molar refractivity (Wildman–Crippen MR) is 71.2 cm³/mol. The fourth-order valence-electron chi connectivity index (χ4n) is 1.93. The number of hydrogen-bond donors (Lipinski definition) is 1. The second-order valence-electron chi connectivity index (χ2n) is 4.30. The molecule has 1 unspecified atom stereocenters. The van der Waals surface area contributed by atoms with Crippen molar-refractivity contribution in [2.24, 2.45) is 5.73 Å². The molecule has 0 fully saturated rings. The van der Waals surface area contributed by atoms with Crippen molar-refractivity contribution in [3.05, 3.63) is 63.9 Å². The molecular weight excluding hydrogens is 232 g/mol. The van der Waals surface area contributed by atoms with Gasteiger partial charge in [0.25, 0.3) is 0 Å². The Kier molecular flexibility index (Phi) is 3.46. The molecular formula is C14H15ClN2. The van der Waals surface area contributed by atoms with Crippen molar-refractivity contribution < 1.29 is 0 Å². The highest BCUT2D eigenvalue weighted by Crippen LogP contribution is 2.21. The number of aromatic nitrogens is 1. The lowest BCUT2D eigenvalue weighted by Crippen LogP contribution is -2.13. The largest absolute Gasteiger partial charge is 0.319 e. The third-order valence-electron chi connectivity index (χ3n) is 2.67. The van der Waals surface area contributed by atoms with Gasteiger partial charge in [0.15, 0.2) is 0 Å². The van der Waals surface area contributed by atoms with Crippen LogP contribution in [0.1, 0.15) is 28.4 Å². The van der Waals surface area contributed by atoms with Gasteiger partial charge in [0.2, 0.25) is 0 Å². The van der Waals surface area contributed by atoms with E-state index < -0.39 is 0 Å². The van der Waals surface area contributed by atoms with E-state index in [4.69, 9.17) is 17.3 Å². The molecule has 1 aromatic heterocycles. The minimum Gasteiger partial charge on any atom is -0.319 e. The van der Waals surface area contributed by atoms with Gasteiger partial charge in [-0.3, -0.25) is 4.98 Å². The zero-order valence-electron chi connectivity index (χ0n) is 9.94. The topological polar surface area (TPSA) is 38.9 Å².